The fraction of sp³-hybridized carbons (Fsp3) is 0.600. The summed E-state index contributed by atoms with van der Waals surface area (Å²) >= 11 is 0. The van der Waals surface area contributed by atoms with Crippen LogP contribution in [0, 0.1) is 5.41 Å². The normalized spacial score (nSPS) is 19.8. The second-order valence-electron chi connectivity index (χ2n) is 4.31. The van der Waals surface area contributed by atoms with E-state index in [9.17, 15) is 0 Å². The van der Waals surface area contributed by atoms with E-state index < -0.39 is 0 Å². The third kappa shape index (κ3) is 2.26. The number of fused-ring (bicyclic) bond motifs is 1. The molecule has 0 aromatic carbocycles. The lowest BCUT2D eigenvalue weighted by Crippen LogP contribution is -2.27. The van der Waals surface area contributed by atoms with Gasteiger partial charge in [0.2, 0.25) is 0 Å². The van der Waals surface area contributed by atoms with E-state index in [2.05, 4.69) is 25.2 Å². The molecule has 1 aliphatic rings. The van der Waals surface area contributed by atoms with E-state index in [4.69, 9.17) is 4.42 Å². The van der Waals surface area contributed by atoms with Gasteiger partial charge >= 0.3 is 0 Å². The van der Waals surface area contributed by atoms with Crippen molar-refractivity contribution in [3.05, 3.63) is 23.7 Å². The van der Waals surface area contributed by atoms with Crippen molar-refractivity contribution in [1.82, 2.24) is 5.32 Å². The fourth-order valence-electron chi connectivity index (χ4n) is 1.71. The van der Waals surface area contributed by atoms with Crippen LogP contribution in [-0.2, 0) is 13.0 Å². The van der Waals surface area contributed by atoms with Gasteiger partial charge in [0.25, 0.3) is 0 Å². The molecule has 1 aromatic rings. The lowest BCUT2D eigenvalue weighted by Gasteiger charge is -2.20. The van der Waals surface area contributed by atoms with Gasteiger partial charge in [0.1, 0.15) is 5.76 Å². The van der Waals surface area contributed by atoms with Crippen LogP contribution in [0.25, 0.3) is 0 Å². The van der Waals surface area contributed by atoms with Crippen molar-refractivity contribution in [2.45, 2.75) is 26.8 Å². The van der Waals surface area contributed by atoms with Crippen molar-refractivity contribution in [3.63, 3.8) is 0 Å². The maximum atomic E-state index is 5.43. The molecule has 0 atom stereocenters. The first-order valence-electron chi connectivity index (χ1n) is 4.43. The molecule has 0 fully saturated rings. The zero-order chi connectivity index (χ0) is 8.60. The molecule has 0 radical (unpaired) electrons. The monoisotopic (exact) mass is 201 g/mol. The predicted octanol–water partition coefficient (Wildman–Crippen LogP) is 2.37. The number of halogens is 1. The van der Waals surface area contributed by atoms with Gasteiger partial charge in [-0.3, -0.25) is 0 Å². The van der Waals surface area contributed by atoms with Crippen LogP contribution in [-0.4, -0.2) is 6.54 Å². The summed E-state index contributed by atoms with van der Waals surface area (Å²) in [6.45, 7) is 6.54. The minimum atomic E-state index is 0. The third-order valence-corrected chi connectivity index (χ3v) is 2.40. The van der Waals surface area contributed by atoms with E-state index in [1.807, 2.05) is 0 Å². The Morgan fingerprint density at radius 3 is 3.00 bits per heavy atom. The van der Waals surface area contributed by atoms with Crippen LogP contribution < -0.4 is 5.32 Å². The highest BCUT2D eigenvalue weighted by molar-refractivity contribution is 5.85. The zero-order valence-corrected chi connectivity index (χ0v) is 8.91. The Labute approximate surface area is 85.1 Å². The van der Waals surface area contributed by atoms with E-state index in [1.165, 1.54) is 5.56 Å². The summed E-state index contributed by atoms with van der Waals surface area (Å²) in [7, 11) is 0. The van der Waals surface area contributed by atoms with Crippen LogP contribution in [0.15, 0.2) is 16.7 Å². The lowest BCUT2D eigenvalue weighted by atomic mass is 9.88. The molecular formula is C10H16ClNO. The maximum absolute atomic E-state index is 5.43. The zero-order valence-electron chi connectivity index (χ0n) is 8.09. The average molecular weight is 202 g/mol. The molecule has 0 aliphatic carbocycles. The highest BCUT2D eigenvalue weighted by Crippen LogP contribution is 2.26. The first-order chi connectivity index (χ1) is 5.67. The number of furan rings is 1. The number of hydrogen-bond donors (Lipinski definition) is 1. The smallest absolute Gasteiger partial charge is 0.108 e. The summed E-state index contributed by atoms with van der Waals surface area (Å²) in [5.74, 6) is 1.16. The van der Waals surface area contributed by atoms with Gasteiger partial charge in [-0.2, -0.15) is 0 Å². The van der Waals surface area contributed by atoms with Crippen molar-refractivity contribution in [2.75, 3.05) is 6.54 Å². The van der Waals surface area contributed by atoms with Gasteiger partial charge in [0.05, 0.1) is 6.26 Å². The predicted molar refractivity (Wildman–Crippen MR) is 55.1 cm³/mol. The Hall–Kier alpha value is -0.470. The molecule has 2 rings (SSSR count). The standard InChI is InChI=1S/C10H15NO.ClH/c1-10(2)5-9-8(3-4-12-9)6-11-7-10;/h3-4,11H,5-7H2,1-2H3;1H. The first-order valence-corrected chi connectivity index (χ1v) is 4.43. The lowest BCUT2D eigenvalue weighted by molar-refractivity contribution is 0.323. The van der Waals surface area contributed by atoms with Crippen molar-refractivity contribution >= 4 is 12.4 Å². The second kappa shape index (κ2) is 3.72. The Kier molecular flexibility index (Phi) is 3.04. The second-order valence-corrected chi connectivity index (χ2v) is 4.31. The minimum absolute atomic E-state index is 0. The Morgan fingerprint density at radius 2 is 2.23 bits per heavy atom. The molecule has 2 nitrogen and oxygen atoms in total. The molecular weight excluding hydrogens is 186 g/mol. The molecule has 74 valence electrons. The van der Waals surface area contributed by atoms with Gasteiger partial charge in [0, 0.05) is 25.1 Å². The summed E-state index contributed by atoms with van der Waals surface area (Å²) in [6, 6.07) is 2.06. The Morgan fingerprint density at radius 1 is 1.46 bits per heavy atom. The minimum Gasteiger partial charge on any atom is -0.469 e. The topological polar surface area (TPSA) is 25.2 Å². The van der Waals surface area contributed by atoms with Crippen LogP contribution in [0.1, 0.15) is 25.2 Å². The van der Waals surface area contributed by atoms with E-state index in [-0.39, 0.29) is 12.4 Å². The van der Waals surface area contributed by atoms with Crippen LogP contribution in [0.5, 0.6) is 0 Å². The van der Waals surface area contributed by atoms with Crippen LogP contribution in [0.4, 0.5) is 0 Å². The molecule has 1 aromatic heterocycles. The SMILES string of the molecule is CC1(C)CNCc2ccoc2C1.Cl. The quantitative estimate of drug-likeness (QED) is 0.697. The molecule has 0 saturated carbocycles. The number of nitrogens with one attached hydrogen (secondary N) is 1. The summed E-state index contributed by atoms with van der Waals surface area (Å²) in [4.78, 5) is 0. The van der Waals surface area contributed by atoms with Crippen molar-refractivity contribution in [2.24, 2.45) is 5.41 Å². The van der Waals surface area contributed by atoms with Crippen LogP contribution in [0.3, 0.4) is 0 Å². The molecule has 1 N–H and O–H groups in total. The number of rotatable bonds is 0. The van der Waals surface area contributed by atoms with Gasteiger partial charge in [-0.05, 0) is 11.5 Å². The molecule has 0 spiro atoms. The van der Waals surface area contributed by atoms with E-state index in [0.29, 0.717) is 5.41 Å². The average Bonchev–Trinajstić information content (AvgIpc) is 2.31. The summed E-state index contributed by atoms with van der Waals surface area (Å²) in [5.41, 5.74) is 1.64. The van der Waals surface area contributed by atoms with Gasteiger partial charge in [-0.1, -0.05) is 13.8 Å². The van der Waals surface area contributed by atoms with E-state index in [1.54, 1.807) is 6.26 Å². The highest BCUT2D eigenvalue weighted by atomic mass is 35.5. The molecule has 3 heteroatoms. The highest BCUT2D eigenvalue weighted by Gasteiger charge is 2.24. The third-order valence-electron chi connectivity index (χ3n) is 2.40. The van der Waals surface area contributed by atoms with Crippen molar-refractivity contribution in [1.29, 1.82) is 0 Å². The van der Waals surface area contributed by atoms with Gasteiger partial charge < -0.3 is 9.73 Å². The van der Waals surface area contributed by atoms with E-state index in [0.717, 1.165) is 25.3 Å². The van der Waals surface area contributed by atoms with E-state index >= 15 is 0 Å². The molecule has 1 aliphatic heterocycles. The largest absolute Gasteiger partial charge is 0.469 e. The Balaban J connectivity index is 0.000000845. The summed E-state index contributed by atoms with van der Waals surface area (Å²) < 4.78 is 5.43. The van der Waals surface area contributed by atoms with Crippen LogP contribution in [0.2, 0.25) is 0 Å². The maximum Gasteiger partial charge on any atom is 0.108 e. The molecule has 0 saturated heterocycles. The van der Waals surface area contributed by atoms with Gasteiger partial charge in [-0.25, -0.2) is 0 Å². The Bertz CT molecular complexity index is 280. The van der Waals surface area contributed by atoms with Crippen molar-refractivity contribution in [3.8, 4) is 0 Å². The summed E-state index contributed by atoms with van der Waals surface area (Å²) in [5, 5.41) is 3.42. The molecule has 0 unspecified atom stereocenters. The number of hydrogen-bond acceptors (Lipinski definition) is 2. The van der Waals surface area contributed by atoms with Gasteiger partial charge in [-0.15, -0.1) is 12.4 Å². The van der Waals surface area contributed by atoms with Gasteiger partial charge in [0.15, 0.2) is 0 Å². The first kappa shape index (κ1) is 10.6. The fourth-order valence-corrected chi connectivity index (χ4v) is 1.71. The molecule has 13 heavy (non-hydrogen) atoms. The molecule has 0 amide bonds. The molecule has 2 heterocycles. The van der Waals surface area contributed by atoms with Crippen molar-refractivity contribution < 1.29 is 4.42 Å². The van der Waals surface area contributed by atoms with Crippen LogP contribution >= 0.6 is 12.4 Å². The molecule has 0 bridgehead atoms. The summed E-state index contributed by atoms with van der Waals surface area (Å²) in [6.07, 6.45) is 2.83.